The fourth-order valence-corrected chi connectivity index (χ4v) is 2.15. The molecule has 3 heteroatoms. The molecule has 0 heterocycles. The summed E-state index contributed by atoms with van der Waals surface area (Å²) in [5, 5.41) is 0. The van der Waals surface area contributed by atoms with Crippen LogP contribution in [0.15, 0.2) is 22.7 Å². The highest BCUT2D eigenvalue weighted by molar-refractivity contribution is 9.10. The molecule has 0 spiro atoms. The molecule has 0 saturated carbocycles. The molecular weight excluding hydrogens is 264 g/mol. The first-order valence-corrected chi connectivity index (χ1v) is 6.52. The zero-order chi connectivity index (χ0) is 12.3. The minimum atomic E-state index is 0.464. The van der Waals surface area contributed by atoms with Gasteiger partial charge in [0, 0.05) is 17.1 Å². The molecule has 1 aromatic carbocycles. The minimum Gasteiger partial charge on any atom is -0.397 e. The van der Waals surface area contributed by atoms with E-state index in [-0.39, 0.29) is 0 Å². The maximum absolute atomic E-state index is 6.06. The van der Waals surface area contributed by atoms with Crippen molar-refractivity contribution in [1.29, 1.82) is 0 Å². The maximum atomic E-state index is 6.06. The lowest BCUT2D eigenvalue weighted by molar-refractivity contribution is 0.571. The second-order valence-corrected chi connectivity index (χ2v) is 5.76. The van der Waals surface area contributed by atoms with Crippen molar-refractivity contribution in [1.82, 2.24) is 0 Å². The summed E-state index contributed by atoms with van der Waals surface area (Å²) < 4.78 is 1.03. The van der Waals surface area contributed by atoms with Gasteiger partial charge in [-0.15, -0.1) is 0 Å². The van der Waals surface area contributed by atoms with Gasteiger partial charge in [-0.3, -0.25) is 0 Å². The lowest BCUT2D eigenvalue weighted by Crippen LogP contribution is -2.34. The van der Waals surface area contributed by atoms with Crippen molar-refractivity contribution in [3.63, 3.8) is 0 Å². The third-order valence-corrected chi connectivity index (χ3v) is 2.98. The van der Waals surface area contributed by atoms with Gasteiger partial charge in [0.05, 0.1) is 11.4 Å². The third-order valence-electron chi connectivity index (χ3n) is 2.48. The Hall–Kier alpha value is -0.700. The molecule has 0 unspecified atom stereocenters. The molecule has 2 N–H and O–H groups in total. The van der Waals surface area contributed by atoms with E-state index < -0.39 is 0 Å². The van der Waals surface area contributed by atoms with Gasteiger partial charge in [0.15, 0.2) is 0 Å². The Morgan fingerprint density at radius 3 is 2.31 bits per heavy atom. The summed E-state index contributed by atoms with van der Waals surface area (Å²) >= 11 is 3.43. The van der Waals surface area contributed by atoms with E-state index in [0.717, 1.165) is 22.4 Å². The number of nitrogens with zero attached hydrogens (tertiary/aromatic N) is 1. The average molecular weight is 285 g/mol. The zero-order valence-electron chi connectivity index (χ0n) is 10.5. The van der Waals surface area contributed by atoms with Crippen LogP contribution < -0.4 is 10.6 Å². The van der Waals surface area contributed by atoms with Gasteiger partial charge in [-0.2, -0.15) is 0 Å². The molecule has 1 rings (SSSR count). The molecular formula is C13H21BrN2. The summed E-state index contributed by atoms with van der Waals surface area (Å²) in [4.78, 5) is 2.35. The molecule has 0 fully saturated rings. The van der Waals surface area contributed by atoms with E-state index in [1.165, 1.54) is 0 Å². The van der Waals surface area contributed by atoms with Crippen molar-refractivity contribution in [2.75, 3.05) is 17.2 Å². The first kappa shape index (κ1) is 13.4. The predicted molar refractivity (Wildman–Crippen MR) is 75.9 cm³/mol. The van der Waals surface area contributed by atoms with E-state index in [1.54, 1.807) is 0 Å². The van der Waals surface area contributed by atoms with Crippen LogP contribution in [0.4, 0.5) is 11.4 Å². The molecule has 0 saturated heterocycles. The fourth-order valence-electron chi connectivity index (χ4n) is 1.77. The van der Waals surface area contributed by atoms with Crippen LogP contribution in [0.3, 0.4) is 0 Å². The molecule has 2 nitrogen and oxygen atoms in total. The number of nitrogens with two attached hydrogens (primary N) is 1. The van der Waals surface area contributed by atoms with Gasteiger partial charge < -0.3 is 10.6 Å². The summed E-state index contributed by atoms with van der Waals surface area (Å²) in [6, 6.07) is 6.56. The molecule has 1 aromatic rings. The number of hydrogen-bond acceptors (Lipinski definition) is 2. The van der Waals surface area contributed by atoms with E-state index in [2.05, 4.69) is 54.6 Å². The lowest BCUT2D eigenvalue weighted by Gasteiger charge is -2.31. The quantitative estimate of drug-likeness (QED) is 0.850. The first-order chi connectivity index (χ1) is 7.41. The number of anilines is 2. The molecule has 0 aliphatic rings. The van der Waals surface area contributed by atoms with Crippen LogP contribution in [0.5, 0.6) is 0 Å². The van der Waals surface area contributed by atoms with Crippen molar-refractivity contribution in [3.05, 3.63) is 22.7 Å². The molecule has 0 aromatic heterocycles. The van der Waals surface area contributed by atoms with Crippen molar-refractivity contribution < 1.29 is 0 Å². The molecule has 0 atom stereocenters. The Kier molecular flexibility index (Phi) is 4.66. The Bertz CT molecular complexity index is 348. The van der Waals surface area contributed by atoms with Crippen molar-refractivity contribution >= 4 is 27.3 Å². The van der Waals surface area contributed by atoms with Crippen LogP contribution >= 0.6 is 15.9 Å². The molecule has 0 aliphatic carbocycles. The number of benzene rings is 1. The van der Waals surface area contributed by atoms with E-state index in [9.17, 15) is 0 Å². The highest BCUT2D eigenvalue weighted by Crippen LogP contribution is 2.28. The Balaban J connectivity index is 3.01. The summed E-state index contributed by atoms with van der Waals surface area (Å²) in [6.07, 6.45) is 0. The van der Waals surface area contributed by atoms with E-state index in [0.29, 0.717) is 12.0 Å². The smallest absolute Gasteiger partial charge is 0.0603 e. The average Bonchev–Trinajstić information content (AvgIpc) is 2.14. The molecule has 16 heavy (non-hydrogen) atoms. The van der Waals surface area contributed by atoms with Gasteiger partial charge in [-0.05, 0) is 38.0 Å². The van der Waals surface area contributed by atoms with E-state index in [4.69, 9.17) is 5.73 Å². The van der Waals surface area contributed by atoms with Gasteiger partial charge in [0.25, 0.3) is 0 Å². The third kappa shape index (κ3) is 3.41. The van der Waals surface area contributed by atoms with Crippen LogP contribution in [0.1, 0.15) is 27.7 Å². The molecule has 0 radical (unpaired) electrons. The Morgan fingerprint density at radius 2 is 1.88 bits per heavy atom. The van der Waals surface area contributed by atoms with Crippen molar-refractivity contribution in [3.8, 4) is 0 Å². The van der Waals surface area contributed by atoms with Crippen LogP contribution in [-0.4, -0.2) is 12.6 Å². The number of rotatable bonds is 4. The second-order valence-electron chi connectivity index (χ2n) is 4.84. The van der Waals surface area contributed by atoms with Crippen molar-refractivity contribution in [2.24, 2.45) is 5.92 Å². The van der Waals surface area contributed by atoms with Gasteiger partial charge >= 0.3 is 0 Å². The highest BCUT2D eigenvalue weighted by atomic mass is 79.9. The topological polar surface area (TPSA) is 29.3 Å². The van der Waals surface area contributed by atoms with Crippen LogP contribution in [0, 0.1) is 5.92 Å². The standard InChI is InChI=1S/C13H21BrN2/c1-9(2)8-16(10(3)4)13-6-5-11(14)7-12(13)15/h5-7,9-10H,8,15H2,1-4H3. The number of nitrogen functional groups attached to an aromatic ring is 1. The summed E-state index contributed by atoms with van der Waals surface area (Å²) in [5.74, 6) is 0.630. The van der Waals surface area contributed by atoms with E-state index >= 15 is 0 Å². The number of halogens is 1. The number of hydrogen-bond donors (Lipinski definition) is 1. The normalized spacial score (nSPS) is 11.2. The van der Waals surface area contributed by atoms with Crippen LogP contribution in [-0.2, 0) is 0 Å². The van der Waals surface area contributed by atoms with Crippen molar-refractivity contribution in [2.45, 2.75) is 33.7 Å². The highest BCUT2D eigenvalue weighted by Gasteiger charge is 2.14. The monoisotopic (exact) mass is 284 g/mol. The summed E-state index contributed by atoms with van der Waals surface area (Å²) in [6.45, 7) is 9.88. The molecule has 0 aliphatic heterocycles. The van der Waals surface area contributed by atoms with Gasteiger partial charge in [0.2, 0.25) is 0 Å². The summed E-state index contributed by atoms with van der Waals surface area (Å²) in [5.41, 5.74) is 8.03. The molecule has 0 bridgehead atoms. The van der Waals surface area contributed by atoms with E-state index in [1.807, 2.05) is 12.1 Å². The van der Waals surface area contributed by atoms with Gasteiger partial charge in [-0.25, -0.2) is 0 Å². The van der Waals surface area contributed by atoms with Crippen LogP contribution in [0.2, 0.25) is 0 Å². The summed E-state index contributed by atoms with van der Waals surface area (Å²) in [7, 11) is 0. The second kappa shape index (κ2) is 5.58. The maximum Gasteiger partial charge on any atom is 0.0603 e. The SMILES string of the molecule is CC(C)CN(c1ccc(Br)cc1N)C(C)C. The van der Waals surface area contributed by atoms with Crippen LogP contribution in [0.25, 0.3) is 0 Å². The largest absolute Gasteiger partial charge is 0.397 e. The Morgan fingerprint density at radius 1 is 1.25 bits per heavy atom. The lowest BCUT2D eigenvalue weighted by atomic mass is 10.1. The predicted octanol–water partition coefficient (Wildman–Crippen LogP) is 3.90. The molecule has 90 valence electrons. The van der Waals surface area contributed by atoms with Gasteiger partial charge in [-0.1, -0.05) is 29.8 Å². The minimum absolute atomic E-state index is 0.464. The first-order valence-electron chi connectivity index (χ1n) is 5.73. The zero-order valence-corrected chi connectivity index (χ0v) is 12.1. The fraction of sp³-hybridized carbons (Fsp3) is 0.538. The molecule has 0 amide bonds. The van der Waals surface area contributed by atoms with Gasteiger partial charge in [0.1, 0.15) is 0 Å². The Labute approximate surface area is 107 Å².